The molecule has 1 atom stereocenters. The van der Waals surface area contributed by atoms with Crippen LogP contribution in [0.3, 0.4) is 0 Å². The van der Waals surface area contributed by atoms with Gasteiger partial charge in [-0.25, -0.2) is 9.78 Å². The fraction of sp³-hybridized carbons (Fsp3) is 0.364. The Balaban J connectivity index is 0.000000479. The second kappa shape index (κ2) is 11.6. The van der Waals surface area contributed by atoms with Crippen LogP contribution in [0.1, 0.15) is 42.5 Å². The quantitative estimate of drug-likeness (QED) is 0.402. The van der Waals surface area contributed by atoms with E-state index in [2.05, 4.69) is 41.6 Å². The number of hydrogen-bond acceptors (Lipinski definition) is 8. The lowest BCUT2D eigenvalue weighted by atomic mass is 9.94. The molecule has 0 saturated heterocycles. The molecule has 1 aliphatic heterocycles. The van der Waals surface area contributed by atoms with Crippen molar-refractivity contribution < 1.29 is 34.1 Å². The van der Waals surface area contributed by atoms with Crippen LogP contribution in [0.5, 0.6) is 5.75 Å². The summed E-state index contributed by atoms with van der Waals surface area (Å²) in [4.78, 5) is 34.7. The number of aryl methyl sites for hydroxylation is 2. The van der Waals surface area contributed by atoms with Crippen LogP contribution in [0.25, 0.3) is 0 Å². The Morgan fingerprint density at radius 2 is 1.91 bits per heavy atom. The number of carbonyl (C=O) groups is 3. The minimum Gasteiger partial charge on any atom is -0.493 e. The van der Waals surface area contributed by atoms with Crippen LogP contribution >= 0.6 is 0 Å². The number of pyridine rings is 1. The van der Waals surface area contributed by atoms with Crippen molar-refractivity contribution in [2.75, 3.05) is 29.6 Å². The third-order valence-corrected chi connectivity index (χ3v) is 4.57. The molecule has 3 rings (SSSR count). The number of nitrogens with zero attached hydrogens (tertiary/aromatic N) is 1. The molecule has 33 heavy (non-hydrogen) atoms. The van der Waals surface area contributed by atoms with Gasteiger partial charge >= 0.3 is 18.0 Å². The SMILES string of the molecule is CCOC(=O)Nc1ccc(NC2CCOc3cc(C)cc(C)c32)nc1N.O=C(O)CC(=O)O. The molecule has 178 valence electrons. The summed E-state index contributed by atoms with van der Waals surface area (Å²) in [6.45, 7) is 6.82. The summed E-state index contributed by atoms with van der Waals surface area (Å²) in [6.07, 6.45) is -0.521. The van der Waals surface area contributed by atoms with Crippen molar-refractivity contribution in [3.05, 3.63) is 41.0 Å². The van der Waals surface area contributed by atoms with Gasteiger partial charge in [0.1, 0.15) is 23.8 Å². The molecule has 2 aromatic rings. The van der Waals surface area contributed by atoms with Gasteiger partial charge in [-0.15, -0.1) is 0 Å². The molecule has 0 radical (unpaired) electrons. The fourth-order valence-electron chi connectivity index (χ4n) is 3.33. The van der Waals surface area contributed by atoms with Gasteiger partial charge in [0.25, 0.3) is 0 Å². The Hall–Kier alpha value is -4.02. The number of rotatable bonds is 6. The number of aromatic nitrogens is 1. The Kier molecular flexibility index (Phi) is 8.84. The van der Waals surface area contributed by atoms with Crippen molar-refractivity contribution in [1.29, 1.82) is 0 Å². The maximum Gasteiger partial charge on any atom is 0.411 e. The van der Waals surface area contributed by atoms with Gasteiger partial charge in [-0.1, -0.05) is 6.07 Å². The third-order valence-electron chi connectivity index (χ3n) is 4.57. The van der Waals surface area contributed by atoms with Gasteiger partial charge in [0.2, 0.25) is 0 Å². The maximum atomic E-state index is 11.5. The van der Waals surface area contributed by atoms with Crippen molar-refractivity contribution in [2.24, 2.45) is 0 Å². The van der Waals surface area contributed by atoms with Crippen molar-refractivity contribution in [3.8, 4) is 5.75 Å². The number of carboxylic acid groups (broad SMARTS) is 2. The smallest absolute Gasteiger partial charge is 0.411 e. The summed E-state index contributed by atoms with van der Waals surface area (Å²) in [5.74, 6) is -0.828. The molecule has 0 saturated carbocycles. The summed E-state index contributed by atoms with van der Waals surface area (Å²) in [6, 6.07) is 7.80. The summed E-state index contributed by atoms with van der Waals surface area (Å²) in [5.41, 5.74) is 9.91. The first-order valence-corrected chi connectivity index (χ1v) is 10.2. The van der Waals surface area contributed by atoms with Gasteiger partial charge in [-0.2, -0.15) is 0 Å². The molecule has 0 fully saturated rings. The van der Waals surface area contributed by atoms with Gasteiger partial charge in [0.15, 0.2) is 0 Å². The van der Waals surface area contributed by atoms with E-state index in [4.69, 9.17) is 25.4 Å². The molecule has 11 nitrogen and oxygen atoms in total. The van der Waals surface area contributed by atoms with E-state index >= 15 is 0 Å². The first-order valence-electron chi connectivity index (χ1n) is 10.2. The summed E-state index contributed by atoms with van der Waals surface area (Å²) >= 11 is 0. The Labute approximate surface area is 190 Å². The van der Waals surface area contributed by atoms with Gasteiger partial charge in [-0.05, 0) is 50.1 Å². The van der Waals surface area contributed by atoms with Crippen LogP contribution < -0.4 is 21.1 Å². The van der Waals surface area contributed by atoms with E-state index in [1.54, 1.807) is 19.1 Å². The molecule has 1 aromatic carbocycles. The summed E-state index contributed by atoms with van der Waals surface area (Å²) in [7, 11) is 0. The molecule has 1 amide bonds. The average Bonchev–Trinajstić information content (AvgIpc) is 2.69. The Morgan fingerprint density at radius 3 is 2.48 bits per heavy atom. The molecule has 1 aromatic heterocycles. The molecular weight excluding hydrogens is 432 g/mol. The molecule has 6 N–H and O–H groups in total. The highest BCUT2D eigenvalue weighted by molar-refractivity contribution is 5.89. The van der Waals surface area contributed by atoms with E-state index in [0.29, 0.717) is 24.7 Å². The van der Waals surface area contributed by atoms with Crippen LogP contribution in [0, 0.1) is 13.8 Å². The standard InChI is InChI=1S/C19H24N4O3.C3H4O4/c1-4-25-19(24)22-14-5-6-16(23-18(14)20)21-13-7-8-26-15-10-11(2)9-12(3)17(13)15;4-2(5)1-3(6)7/h5-6,9-10,13H,4,7-8H2,1-3H3,(H,22,24)(H3,20,21,23);1H2,(H,4,5)(H,6,7). The summed E-state index contributed by atoms with van der Waals surface area (Å²) in [5, 5.41) is 21.4. The molecule has 0 bridgehead atoms. The van der Waals surface area contributed by atoms with Crippen LogP contribution in [-0.4, -0.2) is 46.4 Å². The number of hydrogen-bond donors (Lipinski definition) is 5. The number of nitrogen functional groups attached to an aromatic ring is 1. The maximum absolute atomic E-state index is 11.5. The molecule has 1 aliphatic rings. The minimum atomic E-state index is -1.31. The molecule has 0 aliphatic carbocycles. The van der Waals surface area contributed by atoms with Gasteiger partial charge < -0.3 is 30.7 Å². The zero-order valence-corrected chi connectivity index (χ0v) is 18.7. The Morgan fingerprint density at radius 1 is 1.21 bits per heavy atom. The van der Waals surface area contributed by atoms with E-state index in [1.807, 2.05) is 0 Å². The number of fused-ring (bicyclic) bond motifs is 1. The molecule has 0 spiro atoms. The van der Waals surface area contributed by atoms with E-state index in [1.165, 1.54) is 11.1 Å². The largest absolute Gasteiger partial charge is 0.493 e. The molecule has 1 unspecified atom stereocenters. The second-order valence-electron chi connectivity index (χ2n) is 7.27. The number of ether oxygens (including phenoxy) is 2. The van der Waals surface area contributed by atoms with E-state index in [9.17, 15) is 14.4 Å². The number of anilines is 3. The van der Waals surface area contributed by atoms with E-state index < -0.39 is 24.5 Å². The molecule has 11 heteroatoms. The van der Waals surface area contributed by atoms with E-state index in [-0.39, 0.29) is 11.9 Å². The van der Waals surface area contributed by atoms with Crippen LogP contribution in [-0.2, 0) is 14.3 Å². The van der Waals surface area contributed by atoms with Crippen molar-refractivity contribution in [1.82, 2.24) is 4.98 Å². The highest BCUT2D eigenvalue weighted by atomic mass is 16.5. The van der Waals surface area contributed by atoms with Gasteiger partial charge in [-0.3, -0.25) is 14.9 Å². The number of benzene rings is 1. The fourth-order valence-corrected chi connectivity index (χ4v) is 3.33. The highest BCUT2D eigenvalue weighted by Gasteiger charge is 2.24. The predicted octanol–water partition coefficient (Wildman–Crippen LogP) is 3.33. The summed E-state index contributed by atoms with van der Waals surface area (Å²) < 4.78 is 10.7. The second-order valence-corrected chi connectivity index (χ2v) is 7.27. The number of nitrogens with one attached hydrogen (secondary N) is 2. The normalized spacial score (nSPS) is 14.0. The number of nitrogens with two attached hydrogens (primary N) is 1. The molecular formula is C22H28N4O7. The third kappa shape index (κ3) is 7.56. The number of carbonyl (C=O) groups excluding carboxylic acids is 1. The monoisotopic (exact) mass is 460 g/mol. The zero-order chi connectivity index (χ0) is 24.5. The highest BCUT2D eigenvalue weighted by Crippen LogP contribution is 2.37. The van der Waals surface area contributed by atoms with Crippen LogP contribution in [0.15, 0.2) is 24.3 Å². The van der Waals surface area contributed by atoms with Crippen molar-refractivity contribution in [2.45, 2.75) is 39.7 Å². The van der Waals surface area contributed by atoms with E-state index in [0.717, 1.165) is 17.7 Å². The van der Waals surface area contributed by atoms with Crippen LogP contribution in [0.4, 0.5) is 22.1 Å². The lowest BCUT2D eigenvalue weighted by Crippen LogP contribution is -2.22. The van der Waals surface area contributed by atoms with Crippen LogP contribution in [0.2, 0.25) is 0 Å². The first-order chi connectivity index (χ1) is 15.6. The average molecular weight is 460 g/mol. The lowest BCUT2D eigenvalue weighted by molar-refractivity contribution is -0.147. The predicted molar refractivity (Wildman–Crippen MR) is 122 cm³/mol. The zero-order valence-electron chi connectivity index (χ0n) is 18.7. The Bertz CT molecular complexity index is 1010. The topological polar surface area (TPSA) is 173 Å². The first kappa shape index (κ1) is 25.2. The van der Waals surface area contributed by atoms with Gasteiger partial charge in [0.05, 0.1) is 24.9 Å². The van der Waals surface area contributed by atoms with Crippen molar-refractivity contribution >= 4 is 35.4 Å². The number of carboxylic acids is 2. The lowest BCUT2D eigenvalue weighted by Gasteiger charge is -2.29. The minimum absolute atomic E-state index is 0.0927. The van der Waals surface area contributed by atoms with Crippen molar-refractivity contribution in [3.63, 3.8) is 0 Å². The van der Waals surface area contributed by atoms with Gasteiger partial charge in [0, 0.05) is 12.0 Å². The number of amides is 1. The number of aliphatic carboxylic acids is 2. The molecule has 2 heterocycles.